The van der Waals surface area contributed by atoms with E-state index in [4.69, 9.17) is 15.3 Å². The summed E-state index contributed by atoms with van der Waals surface area (Å²) in [6.45, 7) is 2.57. The quantitative estimate of drug-likeness (QED) is 0.428. The standard InChI is InChI=1S/C6H8O5.C3H4O2/c7-3-4-11-6(10)2-1-5(8)9;1-2-3(4)5/h1-2,7H,3-4H2,(H,8,9);2H,1H2,(H,4,5)/b2-1-;. The lowest BCUT2D eigenvalue weighted by Gasteiger charge is -1.95. The molecule has 0 aromatic heterocycles. The van der Waals surface area contributed by atoms with Gasteiger partial charge in [-0.15, -0.1) is 0 Å². The lowest BCUT2D eigenvalue weighted by molar-refractivity contribution is -0.139. The van der Waals surface area contributed by atoms with Crippen LogP contribution in [0.1, 0.15) is 0 Å². The summed E-state index contributed by atoms with van der Waals surface area (Å²) in [6.07, 6.45) is 2.28. The number of aliphatic hydroxyl groups is 1. The molecule has 0 bridgehead atoms. The maximum atomic E-state index is 10.4. The molecule has 0 atom stereocenters. The number of carboxylic acid groups (broad SMARTS) is 2. The Morgan fingerprint density at radius 3 is 1.94 bits per heavy atom. The summed E-state index contributed by atoms with van der Waals surface area (Å²) in [5.41, 5.74) is 0. The van der Waals surface area contributed by atoms with Crippen molar-refractivity contribution in [1.29, 1.82) is 0 Å². The fraction of sp³-hybridized carbons (Fsp3) is 0.222. The summed E-state index contributed by atoms with van der Waals surface area (Å²) in [7, 11) is 0. The van der Waals surface area contributed by atoms with E-state index in [1.54, 1.807) is 0 Å². The van der Waals surface area contributed by atoms with Crippen LogP contribution >= 0.6 is 0 Å². The topological polar surface area (TPSA) is 121 Å². The van der Waals surface area contributed by atoms with E-state index in [0.29, 0.717) is 6.08 Å². The number of carbonyl (C=O) groups excluding carboxylic acids is 1. The maximum absolute atomic E-state index is 10.4. The van der Waals surface area contributed by atoms with Gasteiger partial charge in [-0.05, 0) is 0 Å². The van der Waals surface area contributed by atoms with Crippen molar-refractivity contribution in [3.63, 3.8) is 0 Å². The van der Waals surface area contributed by atoms with E-state index >= 15 is 0 Å². The molecule has 0 aliphatic rings. The summed E-state index contributed by atoms with van der Waals surface area (Å²) in [6, 6.07) is 0. The van der Waals surface area contributed by atoms with Gasteiger partial charge >= 0.3 is 17.9 Å². The molecule has 0 aromatic carbocycles. The summed E-state index contributed by atoms with van der Waals surface area (Å²) in [5, 5.41) is 23.8. The van der Waals surface area contributed by atoms with E-state index in [1.165, 1.54) is 0 Å². The van der Waals surface area contributed by atoms with Gasteiger partial charge in [0.25, 0.3) is 0 Å². The van der Waals surface area contributed by atoms with Crippen LogP contribution in [-0.4, -0.2) is 46.4 Å². The molecule has 0 aliphatic carbocycles. The first-order valence-electron chi connectivity index (χ1n) is 3.98. The third-order valence-corrected chi connectivity index (χ3v) is 0.872. The number of carbonyl (C=O) groups is 3. The van der Waals surface area contributed by atoms with E-state index < -0.39 is 17.9 Å². The molecule has 3 N–H and O–H groups in total. The number of rotatable bonds is 5. The second-order valence-electron chi connectivity index (χ2n) is 2.11. The summed E-state index contributed by atoms with van der Waals surface area (Å²) in [5.74, 6) is -2.97. The summed E-state index contributed by atoms with van der Waals surface area (Å²) in [4.78, 5) is 29.5. The molecule has 16 heavy (non-hydrogen) atoms. The van der Waals surface area contributed by atoms with Crippen molar-refractivity contribution in [2.75, 3.05) is 13.2 Å². The minimum Gasteiger partial charge on any atom is -0.478 e. The van der Waals surface area contributed by atoms with Gasteiger partial charge < -0.3 is 20.1 Å². The van der Waals surface area contributed by atoms with E-state index in [9.17, 15) is 14.4 Å². The molecule has 90 valence electrons. The van der Waals surface area contributed by atoms with Crippen LogP contribution in [0.2, 0.25) is 0 Å². The second kappa shape index (κ2) is 10.9. The highest BCUT2D eigenvalue weighted by molar-refractivity contribution is 5.90. The monoisotopic (exact) mass is 232 g/mol. The Balaban J connectivity index is 0. The van der Waals surface area contributed by atoms with Gasteiger partial charge in [-0.25, -0.2) is 14.4 Å². The van der Waals surface area contributed by atoms with Crippen LogP contribution in [0.5, 0.6) is 0 Å². The van der Waals surface area contributed by atoms with Crippen molar-refractivity contribution in [1.82, 2.24) is 0 Å². The minimum absolute atomic E-state index is 0.122. The van der Waals surface area contributed by atoms with Crippen molar-refractivity contribution in [3.8, 4) is 0 Å². The van der Waals surface area contributed by atoms with Gasteiger partial charge in [-0.2, -0.15) is 0 Å². The molecular weight excluding hydrogens is 220 g/mol. The number of ether oxygens (including phenoxy) is 1. The van der Waals surface area contributed by atoms with Crippen LogP contribution in [0.4, 0.5) is 0 Å². The van der Waals surface area contributed by atoms with E-state index in [2.05, 4.69) is 11.3 Å². The molecule has 0 spiro atoms. The van der Waals surface area contributed by atoms with Crippen LogP contribution in [0.15, 0.2) is 24.8 Å². The van der Waals surface area contributed by atoms with Crippen molar-refractivity contribution in [2.24, 2.45) is 0 Å². The van der Waals surface area contributed by atoms with Crippen molar-refractivity contribution >= 4 is 17.9 Å². The highest BCUT2D eigenvalue weighted by atomic mass is 16.5. The van der Waals surface area contributed by atoms with Crippen LogP contribution in [0.3, 0.4) is 0 Å². The van der Waals surface area contributed by atoms with E-state index in [1.807, 2.05) is 0 Å². The zero-order valence-corrected chi connectivity index (χ0v) is 8.33. The number of hydrogen-bond donors (Lipinski definition) is 3. The molecule has 0 amide bonds. The van der Waals surface area contributed by atoms with Gasteiger partial charge in [0, 0.05) is 18.2 Å². The van der Waals surface area contributed by atoms with Crippen molar-refractivity contribution in [3.05, 3.63) is 24.8 Å². The number of aliphatic hydroxyl groups excluding tert-OH is 1. The number of carboxylic acids is 2. The third-order valence-electron chi connectivity index (χ3n) is 0.872. The van der Waals surface area contributed by atoms with E-state index in [0.717, 1.165) is 12.2 Å². The predicted molar refractivity (Wildman–Crippen MR) is 52.7 cm³/mol. The summed E-state index contributed by atoms with van der Waals surface area (Å²) < 4.78 is 4.30. The zero-order chi connectivity index (χ0) is 13.0. The highest BCUT2D eigenvalue weighted by Gasteiger charge is 1.95. The van der Waals surface area contributed by atoms with Crippen LogP contribution in [-0.2, 0) is 19.1 Å². The smallest absolute Gasteiger partial charge is 0.331 e. The lowest BCUT2D eigenvalue weighted by atomic mass is 10.5. The van der Waals surface area contributed by atoms with E-state index in [-0.39, 0.29) is 13.2 Å². The Kier molecular flexibility index (Phi) is 11.1. The molecule has 0 saturated heterocycles. The van der Waals surface area contributed by atoms with Gasteiger partial charge in [0.15, 0.2) is 0 Å². The normalized spacial score (nSPS) is 8.81. The number of esters is 1. The van der Waals surface area contributed by atoms with Crippen LogP contribution in [0.25, 0.3) is 0 Å². The van der Waals surface area contributed by atoms with Gasteiger partial charge in [-0.3, -0.25) is 0 Å². The minimum atomic E-state index is -1.22. The molecule has 0 aromatic rings. The first-order valence-corrected chi connectivity index (χ1v) is 3.98. The van der Waals surface area contributed by atoms with Crippen LogP contribution < -0.4 is 0 Å². The molecule has 0 saturated carbocycles. The Labute approximate surface area is 91.3 Å². The highest BCUT2D eigenvalue weighted by Crippen LogP contribution is 1.80. The molecule has 7 nitrogen and oxygen atoms in total. The Bertz CT molecular complexity index is 280. The SMILES string of the molecule is C=CC(=O)O.O=C(O)/C=C\C(=O)OCCO. The molecule has 0 radical (unpaired) electrons. The van der Waals surface area contributed by atoms with Crippen LogP contribution in [0, 0.1) is 0 Å². The van der Waals surface area contributed by atoms with Gasteiger partial charge in [0.1, 0.15) is 6.61 Å². The Hall–Kier alpha value is -2.15. The average molecular weight is 232 g/mol. The zero-order valence-electron chi connectivity index (χ0n) is 8.33. The number of hydrogen-bond acceptors (Lipinski definition) is 5. The maximum Gasteiger partial charge on any atom is 0.331 e. The first kappa shape index (κ1) is 16.3. The molecular formula is C9H12O7. The predicted octanol–water partition coefficient (Wildman–Crippen LogP) is -0.580. The summed E-state index contributed by atoms with van der Waals surface area (Å²) >= 11 is 0. The Morgan fingerprint density at radius 1 is 1.12 bits per heavy atom. The largest absolute Gasteiger partial charge is 0.478 e. The molecule has 0 rings (SSSR count). The lowest BCUT2D eigenvalue weighted by Crippen LogP contribution is -2.05. The van der Waals surface area contributed by atoms with Crippen molar-refractivity contribution in [2.45, 2.75) is 0 Å². The van der Waals surface area contributed by atoms with Gasteiger partial charge in [-0.1, -0.05) is 6.58 Å². The fourth-order valence-corrected chi connectivity index (χ4v) is 0.334. The molecule has 0 aliphatic heterocycles. The first-order chi connectivity index (χ1) is 7.43. The van der Waals surface area contributed by atoms with Gasteiger partial charge in [0.05, 0.1) is 6.61 Å². The van der Waals surface area contributed by atoms with Crippen molar-refractivity contribution < 1.29 is 34.4 Å². The Morgan fingerprint density at radius 2 is 1.62 bits per heavy atom. The molecule has 0 heterocycles. The van der Waals surface area contributed by atoms with Gasteiger partial charge in [0.2, 0.25) is 0 Å². The molecule has 0 unspecified atom stereocenters. The average Bonchev–Trinajstić information content (AvgIpc) is 2.24. The number of aliphatic carboxylic acids is 2. The molecule has 0 fully saturated rings. The second-order valence-corrected chi connectivity index (χ2v) is 2.11. The third kappa shape index (κ3) is 17.8. The molecule has 7 heteroatoms. The fourth-order valence-electron chi connectivity index (χ4n) is 0.334.